The smallest absolute Gasteiger partial charge is 0.266 e. The van der Waals surface area contributed by atoms with E-state index in [0.717, 1.165) is 26.5 Å². The molecule has 3 aromatic rings. The number of aromatic nitrogens is 1. The Kier molecular flexibility index (Phi) is 6.38. The van der Waals surface area contributed by atoms with Crippen molar-refractivity contribution in [2.75, 3.05) is 20.3 Å². The number of halogens is 2. The summed E-state index contributed by atoms with van der Waals surface area (Å²) in [5.74, 6) is -0.354. The van der Waals surface area contributed by atoms with Crippen molar-refractivity contribution in [3.05, 3.63) is 75.0 Å². The third-order valence-electron chi connectivity index (χ3n) is 4.82. The van der Waals surface area contributed by atoms with Gasteiger partial charge in [0, 0.05) is 40.8 Å². The fourth-order valence-electron chi connectivity index (χ4n) is 3.35. The fourth-order valence-corrected chi connectivity index (χ4v) is 5.01. The maximum absolute atomic E-state index is 13.3. The van der Waals surface area contributed by atoms with E-state index in [1.807, 2.05) is 30.5 Å². The van der Waals surface area contributed by atoms with Gasteiger partial charge in [-0.25, -0.2) is 4.39 Å². The Morgan fingerprint density at radius 1 is 1.23 bits per heavy atom. The molecule has 8 heteroatoms. The van der Waals surface area contributed by atoms with Gasteiger partial charge in [0.1, 0.15) is 10.1 Å². The molecule has 1 fully saturated rings. The topological polar surface area (TPSA) is 34.5 Å². The van der Waals surface area contributed by atoms with Gasteiger partial charge in [-0.15, -0.1) is 0 Å². The van der Waals surface area contributed by atoms with Crippen LogP contribution >= 0.6 is 39.9 Å². The van der Waals surface area contributed by atoms with Crippen LogP contribution in [0.3, 0.4) is 0 Å². The second-order valence-corrected chi connectivity index (χ2v) is 9.42. The lowest BCUT2D eigenvalue weighted by Gasteiger charge is -2.12. The lowest BCUT2D eigenvalue weighted by molar-refractivity contribution is -0.122. The molecule has 30 heavy (non-hydrogen) atoms. The minimum atomic E-state index is -0.253. The SMILES string of the molecule is COCCN1C(=O)/C(=C/c2cn(Cc3ccc(F)cc3)c3ccc(Br)cc23)SC1=S. The molecule has 1 saturated heterocycles. The summed E-state index contributed by atoms with van der Waals surface area (Å²) >= 11 is 10.2. The highest BCUT2D eigenvalue weighted by molar-refractivity contribution is 9.10. The first-order valence-electron chi connectivity index (χ1n) is 9.23. The Hall–Kier alpha value is -2.00. The molecule has 0 aliphatic carbocycles. The van der Waals surface area contributed by atoms with E-state index >= 15 is 0 Å². The quantitative estimate of drug-likeness (QED) is 0.330. The zero-order valence-electron chi connectivity index (χ0n) is 16.1. The van der Waals surface area contributed by atoms with Gasteiger partial charge in [-0.1, -0.05) is 52.0 Å². The van der Waals surface area contributed by atoms with Gasteiger partial charge in [0.15, 0.2) is 0 Å². The van der Waals surface area contributed by atoms with E-state index in [1.54, 1.807) is 24.1 Å². The van der Waals surface area contributed by atoms with Crippen LogP contribution in [0.2, 0.25) is 0 Å². The molecule has 1 aliphatic heterocycles. The van der Waals surface area contributed by atoms with Crippen molar-refractivity contribution in [3.8, 4) is 0 Å². The number of benzene rings is 2. The van der Waals surface area contributed by atoms with Crippen molar-refractivity contribution >= 4 is 67.1 Å². The minimum Gasteiger partial charge on any atom is -0.383 e. The molecule has 0 saturated carbocycles. The number of ether oxygens (including phenoxy) is 1. The maximum Gasteiger partial charge on any atom is 0.266 e. The fraction of sp³-hybridized carbons (Fsp3) is 0.182. The van der Waals surface area contributed by atoms with E-state index in [9.17, 15) is 9.18 Å². The number of fused-ring (bicyclic) bond motifs is 1. The van der Waals surface area contributed by atoms with Gasteiger partial charge < -0.3 is 9.30 Å². The average molecular weight is 505 g/mol. The molecule has 1 aromatic heterocycles. The van der Waals surface area contributed by atoms with E-state index in [4.69, 9.17) is 17.0 Å². The summed E-state index contributed by atoms with van der Waals surface area (Å²) in [7, 11) is 1.60. The minimum absolute atomic E-state index is 0.100. The molecule has 0 atom stereocenters. The van der Waals surface area contributed by atoms with Crippen LogP contribution in [0.5, 0.6) is 0 Å². The van der Waals surface area contributed by atoms with Crippen LogP contribution in [0.4, 0.5) is 4.39 Å². The number of hydrogen-bond acceptors (Lipinski definition) is 4. The molecule has 4 rings (SSSR count). The molecule has 1 amide bonds. The predicted octanol–water partition coefficient (Wildman–Crippen LogP) is 5.44. The molecule has 1 aliphatic rings. The number of carbonyl (C=O) groups is 1. The molecular weight excluding hydrogens is 487 g/mol. The van der Waals surface area contributed by atoms with Gasteiger partial charge in [0.25, 0.3) is 5.91 Å². The number of thioether (sulfide) groups is 1. The first-order valence-corrected chi connectivity index (χ1v) is 11.2. The van der Waals surface area contributed by atoms with Gasteiger partial charge in [-0.3, -0.25) is 9.69 Å². The number of thiocarbonyl (C=S) groups is 1. The van der Waals surface area contributed by atoms with Gasteiger partial charge in [0.2, 0.25) is 0 Å². The third-order valence-corrected chi connectivity index (χ3v) is 6.69. The Morgan fingerprint density at radius 3 is 2.73 bits per heavy atom. The molecule has 2 heterocycles. The van der Waals surface area contributed by atoms with E-state index in [1.165, 1.54) is 23.9 Å². The predicted molar refractivity (Wildman–Crippen MR) is 127 cm³/mol. The van der Waals surface area contributed by atoms with E-state index in [2.05, 4.69) is 20.5 Å². The number of carbonyl (C=O) groups excluding carboxylic acids is 1. The molecule has 0 unspecified atom stereocenters. The van der Waals surface area contributed by atoms with Crippen molar-refractivity contribution in [3.63, 3.8) is 0 Å². The van der Waals surface area contributed by atoms with Crippen LogP contribution in [0, 0.1) is 5.82 Å². The largest absolute Gasteiger partial charge is 0.383 e. The number of amides is 1. The number of methoxy groups -OCH3 is 1. The Morgan fingerprint density at radius 2 is 2.00 bits per heavy atom. The van der Waals surface area contributed by atoms with Gasteiger partial charge in [-0.05, 0) is 42.0 Å². The number of hydrogen-bond donors (Lipinski definition) is 0. The van der Waals surface area contributed by atoms with Crippen molar-refractivity contribution in [2.24, 2.45) is 0 Å². The molecule has 154 valence electrons. The first kappa shape index (κ1) is 21.2. The summed E-state index contributed by atoms with van der Waals surface area (Å²) in [6, 6.07) is 12.5. The monoisotopic (exact) mass is 504 g/mol. The van der Waals surface area contributed by atoms with Crippen LogP contribution in [0.25, 0.3) is 17.0 Å². The number of rotatable bonds is 6. The molecule has 0 radical (unpaired) electrons. The van der Waals surface area contributed by atoms with Gasteiger partial charge in [0.05, 0.1) is 18.1 Å². The summed E-state index contributed by atoms with van der Waals surface area (Å²) in [6.07, 6.45) is 3.91. The standard InChI is InChI=1S/C22H18BrFN2O2S2/c1-28-9-8-26-21(27)20(30-22(26)29)10-15-13-25(12-14-2-5-17(24)6-3-14)19-7-4-16(23)11-18(15)19/h2-7,10-11,13H,8-9,12H2,1H3/b20-10-. The zero-order chi connectivity index (χ0) is 21.3. The highest BCUT2D eigenvalue weighted by Gasteiger charge is 2.31. The highest BCUT2D eigenvalue weighted by atomic mass is 79.9. The van der Waals surface area contributed by atoms with Crippen LogP contribution in [-0.2, 0) is 16.1 Å². The van der Waals surface area contributed by atoms with Crippen molar-refractivity contribution < 1.29 is 13.9 Å². The first-order chi connectivity index (χ1) is 14.5. The van der Waals surface area contributed by atoms with Crippen LogP contribution in [-0.4, -0.2) is 40.0 Å². The molecular formula is C22H18BrFN2O2S2. The van der Waals surface area contributed by atoms with E-state index < -0.39 is 0 Å². The van der Waals surface area contributed by atoms with Crippen molar-refractivity contribution in [2.45, 2.75) is 6.54 Å². The van der Waals surface area contributed by atoms with E-state index in [-0.39, 0.29) is 11.7 Å². The second kappa shape index (κ2) is 9.01. The average Bonchev–Trinajstić information content (AvgIpc) is 3.18. The highest BCUT2D eigenvalue weighted by Crippen LogP contribution is 2.35. The maximum atomic E-state index is 13.3. The number of nitrogens with zero attached hydrogens (tertiary/aromatic N) is 2. The third kappa shape index (κ3) is 4.37. The summed E-state index contributed by atoms with van der Waals surface area (Å²) < 4.78 is 21.9. The van der Waals surface area contributed by atoms with Crippen molar-refractivity contribution in [1.29, 1.82) is 0 Å². The summed E-state index contributed by atoms with van der Waals surface area (Å²) in [5, 5.41) is 1.02. The van der Waals surface area contributed by atoms with Crippen LogP contribution in [0.15, 0.2) is 58.0 Å². The second-order valence-electron chi connectivity index (χ2n) is 6.83. The molecule has 4 nitrogen and oxygen atoms in total. The van der Waals surface area contributed by atoms with Crippen molar-refractivity contribution in [1.82, 2.24) is 9.47 Å². The normalized spacial score (nSPS) is 15.7. The van der Waals surface area contributed by atoms with Crippen LogP contribution in [0.1, 0.15) is 11.1 Å². The van der Waals surface area contributed by atoms with Gasteiger partial charge >= 0.3 is 0 Å². The Balaban J connectivity index is 1.71. The molecule has 0 bridgehead atoms. The lowest BCUT2D eigenvalue weighted by Crippen LogP contribution is -2.31. The Bertz CT molecular complexity index is 1160. The molecule has 0 N–H and O–H groups in total. The molecule has 0 spiro atoms. The lowest BCUT2D eigenvalue weighted by atomic mass is 10.1. The summed E-state index contributed by atoms with van der Waals surface area (Å²) in [4.78, 5) is 15.0. The summed E-state index contributed by atoms with van der Waals surface area (Å²) in [6.45, 7) is 1.47. The van der Waals surface area contributed by atoms with E-state index in [0.29, 0.717) is 28.9 Å². The van der Waals surface area contributed by atoms with Crippen LogP contribution < -0.4 is 0 Å². The molecule has 2 aromatic carbocycles. The van der Waals surface area contributed by atoms with Gasteiger partial charge in [-0.2, -0.15) is 0 Å². The Labute approximate surface area is 191 Å². The summed E-state index contributed by atoms with van der Waals surface area (Å²) in [5.41, 5.74) is 2.96. The zero-order valence-corrected chi connectivity index (χ0v) is 19.3.